The van der Waals surface area contributed by atoms with E-state index in [1.54, 1.807) is 0 Å². The van der Waals surface area contributed by atoms with Gasteiger partial charge in [0.2, 0.25) is 5.91 Å². The standard InChI is InChI=1S/C12H21NO3/c14-8-9-4-1-2-5-10(9)13-12(15)11-6-3-7-16-11/h9-11,14H,1-8H2,(H,13,15). The molecule has 1 aliphatic carbocycles. The molecule has 0 spiro atoms. The average Bonchev–Trinajstić information content (AvgIpc) is 2.83. The number of nitrogens with one attached hydrogen (secondary N) is 1. The maximum atomic E-state index is 11.9. The van der Waals surface area contributed by atoms with E-state index in [1.807, 2.05) is 0 Å². The van der Waals surface area contributed by atoms with Crippen LogP contribution in [0.15, 0.2) is 0 Å². The molecule has 3 unspecified atom stereocenters. The van der Waals surface area contributed by atoms with Crippen LogP contribution in [0.2, 0.25) is 0 Å². The van der Waals surface area contributed by atoms with E-state index >= 15 is 0 Å². The zero-order valence-electron chi connectivity index (χ0n) is 9.65. The summed E-state index contributed by atoms with van der Waals surface area (Å²) in [5.74, 6) is 0.252. The third kappa shape index (κ3) is 2.74. The molecule has 2 aliphatic rings. The smallest absolute Gasteiger partial charge is 0.249 e. The van der Waals surface area contributed by atoms with Gasteiger partial charge in [-0.25, -0.2) is 0 Å². The Balaban J connectivity index is 1.84. The monoisotopic (exact) mass is 227 g/mol. The molecule has 0 bridgehead atoms. The molecule has 2 rings (SSSR count). The molecule has 3 atom stereocenters. The van der Waals surface area contributed by atoms with Gasteiger partial charge in [0.15, 0.2) is 0 Å². The van der Waals surface area contributed by atoms with E-state index < -0.39 is 0 Å². The Kier molecular flexibility index (Phi) is 4.18. The Morgan fingerprint density at radius 2 is 2.06 bits per heavy atom. The van der Waals surface area contributed by atoms with Crippen molar-refractivity contribution in [1.29, 1.82) is 0 Å². The predicted octanol–water partition coefficient (Wildman–Crippen LogP) is 0.833. The van der Waals surface area contributed by atoms with Crippen LogP contribution in [0.4, 0.5) is 0 Å². The normalized spacial score (nSPS) is 34.9. The van der Waals surface area contributed by atoms with Gasteiger partial charge in [0.25, 0.3) is 0 Å². The molecule has 92 valence electrons. The van der Waals surface area contributed by atoms with Crippen LogP contribution in [0, 0.1) is 5.92 Å². The second-order valence-corrected chi connectivity index (χ2v) is 4.84. The lowest BCUT2D eigenvalue weighted by Gasteiger charge is -2.31. The summed E-state index contributed by atoms with van der Waals surface area (Å²) < 4.78 is 5.35. The van der Waals surface area contributed by atoms with Crippen LogP contribution >= 0.6 is 0 Å². The van der Waals surface area contributed by atoms with E-state index in [1.165, 1.54) is 0 Å². The van der Waals surface area contributed by atoms with E-state index in [2.05, 4.69) is 5.32 Å². The van der Waals surface area contributed by atoms with Crippen LogP contribution in [-0.2, 0) is 9.53 Å². The first kappa shape index (κ1) is 11.9. The molecule has 0 aromatic carbocycles. The third-order valence-corrected chi connectivity index (χ3v) is 3.69. The number of rotatable bonds is 3. The van der Waals surface area contributed by atoms with Crippen LogP contribution in [-0.4, -0.2) is 36.4 Å². The first-order valence-corrected chi connectivity index (χ1v) is 6.34. The molecule has 1 heterocycles. The van der Waals surface area contributed by atoms with Crippen molar-refractivity contribution in [2.45, 2.75) is 50.7 Å². The summed E-state index contributed by atoms with van der Waals surface area (Å²) in [4.78, 5) is 11.9. The highest BCUT2D eigenvalue weighted by molar-refractivity contribution is 5.81. The minimum absolute atomic E-state index is 0.0165. The Morgan fingerprint density at radius 3 is 2.75 bits per heavy atom. The van der Waals surface area contributed by atoms with Gasteiger partial charge in [-0.1, -0.05) is 12.8 Å². The first-order valence-electron chi connectivity index (χ1n) is 6.34. The van der Waals surface area contributed by atoms with Crippen molar-refractivity contribution < 1.29 is 14.6 Å². The van der Waals surface area contributed by atoms with Gasteiger partial charge >= 0.3 is 0 Å². The average molecular weight is 227 g/mol. The van der Waals surface area contributed by atoms with Crippen molar-refractivity contribution in [2.75, 3.05) is 13.2 Å². The van der Waals surface area contributed by atoms with Gasteiger partial charge < -0.3 is 15.2 Å². The number of carbonyl (C=O) groups excluding carboxylic acids is 1. The highest BCUT2D eigenvalue weighted by Crippen LogP contribution is 2.24. The Bertz CT molecular complexity index is 238. The lowest BCUT2D eigenvalue weighted by molar-refractivity contribution is -0.131. The molecule has 4 heteroatoms. The molecule has 1 aliphatic heterocycles. The number of aliphatic hydroxyl groups excluding tert-OH is 1. The molecule has 1 amide bonds. The Labute approximate surface area is 96.4 Å². The number of aliphatic hydroxyl groups is 1. The lowest BCUT2D eigenvalue weighted by Crippen LogP contribution is -2.47. The minimum atomic E-state index is -0.249. The topological polar surface area (TPSA) is 58.6 Å². The molecule has 0 aromatic rings. The van der Waals surface area contributed by atoms with Gasteiger partial charge in [0.05, 0.1) is 0 Å². The maximum Gasteiger partial charge on any atom is 0.249 e. The zero-order valence-corrected chi connectivity index (χ0v) is 9.65. The summed E-state index contributed by atoms with van der Waals surface area (Å²) in [7, 11) is 0. The van der Waals surface area contributed by atoms with Crippen molar-refractivity contribution in [1.82, 2.24) is 5.32 Å². The summed E-state index contributed by atoms with van der Waals surface area (Å²) in [5, 5.41) is 12.3. The van der Waals surface area contributed by atoms with Crippen LogP contribution < -0.4 is 5.32 Å². The highest BCUT2D eigenvalue weighted by atomic mass is 16.5. The summed E-state index contributed by atoms with van der Waals surface area (Å²) >= 11 is 0. The van der Waals surface area contributed by atoms with E-state index in [9.17, 15) is 9.90 Å². The number of carbonyl (C=O) groups is 1. The number of hydrogen-bond acceptors (Lipinski definition) is 3. The summed E-state index contributed by atoms with van der Waals surface area (Å²) in [6.45, 7) is 0.878. The first-order chi connectivity index (χ1) is 7.81. The maximum absolute atomic E-state index is 11.9. The zero-order chi connectivity index (χ0) is 11.4. The van der Waals surface area contributed by atoms with Crippen molar-refractivity contribution >= 4 is 5.91 Å². The number of ether oxygens (including phenoxy) is 1. The minimum Gasteiger partial charge on any atom is -0.396 e. The van der Waals surface area contributed by atoms with Gasteiger partial charge in [-0.15, -0.1) is 0 Å². The van der Waals surface area contributed by atoms with E-state index in [0.717, 1.165) is 38.5 Å². The van der Waals surface area contributed by atoms with Gasteiger partial charge in [-0.05, 0) is 25.7 Å². The van der Waals surface area contributed by atoms with E-state index in [0.29, 0.717) is 6.61 Å². The van der Waals surface area contributed by atoms with Crippen LogP contribution in [0.25, 0.3) is 0 Å². The molecule has 1 saturated carbocycles. The fourth-order valence-corrected chi connectivity index (χ4v) is 2.68. The second kappa shape index (κ2) is 5.64. The van der Waals surface area contributed by atoms with Gasteiger partial charge in [-0.3, -0.25) is 4.79 Å². The molecule has 2 fully saturated rings. The molecular weight excluding hydrogens is 206 g/mol. The number of amides is 1. The van der Waals surface area contributed by atoms with Crippen molar-refractivity contribution in [2.24, 2.45) is 5.92 Å². The molecular formula is C12H21NO3. The largest absolute Gasteiger partial charge is 0.396 e. The van der Waals surface area contributed by atoms with Crippen molar-refractivity contribution in [3.8, 4) is 0 Å². The highest BCUT2D eigenvalue weighted by Gasteiger charge is 2.30. The fourth-order valence-electron chi connectivity index (χ4n) is 2.68. The Morgan fingerprint density at radius 1 is 1.25 bits per heavy atom. The van der Waals surface area contributed by atoms with Crippen LogP contribution in [0.3, 0.4) is 0 Å². The lowest BCUT2D eigenvalue weighted by atomic mass is 9.85. The molecule has 1 saturated heterocycles. The SMILES string of the molecule is O=C(NC1CCCCC1CO)C1CCCO1. The van der Waals surface area contributed by atoms with Gasteiger partial charge in [0, 0.05) is 25.2 Å². The van der Waals surface area contributed by atoms with Gasteiger partial charge in [0.1, 0.15) is 6.10 Å². The van der Waals surface area contributed by atoms with Gasteiger partial charge in [-0.2, -0.15) is 0 Å². The van der Waals surface area contributed by atoms with E-state index in [4.69, 9.17) is 4.74 Å². The molecule has 4 nitrogen and oxygen atoms in total. The molecule has 0 radical (unpaired) electrons. The summed E-state index contributed by atoms with van der Waals surface area (Å²) in [6, 6.07) is 0.149. The predicted molar refractivity (Wildman–Crippen MR) is 59.9 cm³/mol. The molecule has 16 heavy (non-hydrogen) atoms. The fraction of sp³-hybridized carbons (Fsp3) is 0.917. The molecule has 2 N–H and O–H groups in total. The summed E-state index contributed by atoms with van der Waals surface area (Å²) in [5.41, 5.74) is 0. The van der Waals surface area contributed by atoms with E-state index in [-0.39, 0.29) is 30.6 Å². The third-order valence-electron chi connectivity index (χ3n) is 3.69. The van der Waals surface area contributed by atoms with Crippen molar-refractivity contribution in [3.63, 3.8) is 0 Å². The number of hydrogen-bond donors (Lipinski definition) is 2. The van der Waals surface area contributed by atoms with Crippen LogP contribution in [0.1, 0.15) is 38.5 Å². The second-order valence-electron chi connectivity index (χ2n) is 4.84. The molecule has 0 aromatic heterocycles. The summed E-state index contributed by atoms with van der Waals surface area (Å²) in [6.07, 6.45) is 5.89. The van der Waals surface area contributed by atoms with Crippen molar-refractivity contribution in [3.05, 3.63) is 0 Å². The van der Waals surface area contributed by atoms with Crippen LogP contribution in [0.5, 0.6) is 0 Å². The Hall–Kier alpha value is -0.610. The quantitative estimate of drug-likeness (QED) is 0.751.